The molecule has 174 valence electrons. The number of nitrogens with zero attached hydrogens (tertiary/aromatic N) is 3. The van der Waals surface area contributed by atoms with Gasteiger partial charge < -0.3 is 5.32 Å². The van der Waals surface area contributed by atoms with E-state index in [2.05, 4.69) is 10.4 Å². The van der Waals surface area contributed by atoms with E-state index in [1.807, 2.05) is 30.3 Å². The van der Waals surface area contributed by atoms with Crippen molar-refractivity contribution in [2.75, 3.05) is 18.4 Å². The normalized spacial score (nSPS) is 15.5. The zero-order valence-electron chi connectivity index (χ0n) is 18.3. The number of carbonyl (C=O) groups excluding carboxylic acids is 1. The molecule has 1 saturated heterocycles. The Bertz CT molecular complexity index is 1280. The summed E-state index contributed by atoms with van der Waals surface area (Å²) >= 11 is 0. The summed E-state index contributed by atoms with van der Waals surface area (Å²) in [6.07, 6.45) is 0.541. The van der Waals surface area contributed by atoms with E-state index in [1.54, 1.807) is 18.5 Å². The van der Waals surface area contributed by atoms with Crippen LogP contribution in [0.2, 0.25) is 0 Å². The van der Waals surface area contributed by atoms with Crippen LogP contribution < -0.4 is 5.32 Å². The molecule has 4 rings (SSSR count). The van der Waals surface area contributed by atoms with Gasteiger partial charge in [0.05, 0.1) is 22.8 Å². The van der Waals surface area contributed by atoms with Crippen LogP contribution in [0.3, 0.4) is 0 Å². The molecule has 0 radical (unpaired) electrons. The number of anilines is 1. The maximum atomic E-state index is 13.8. The molecule has 33 heavy (non-hydrogen) atoms. The Morgan fingerprint density at radius 3 is 2.39 bits per heavy atom. The highest BCUT2D eigenvalue weighted by atomic mass is 32.2. The average Bonchev–Trinajstić information content (AvgIpc) is 3.11. The molecule has 1 aliphatic rings. The Morgan fingerprint density at radius 1 is 1.06 bits per heavy atom. The quantitative estimate of drug-likeness (QED) is 0.610. The molecule has 2 aromatic carbocycles. The number of amides is 1. The van der Waals surface area contributed by atoms with E-state index in [0.717, 1.165) is 23.9 Å². The van der Waals surface area contributed by atoms with Crippen LogP contribution in [0, 0.1) is 31.4 Å². The Labute approximate surface area is 191 Å². The van der Waals surface area contributed by atoms with E-state index in [4.69, 9.17) is 0 Å². The molecule has 1 fully saturated rings. The summed E-state index contributed by atoms with van der Waals surface area (Å²) in [4.78, 5) is 12.7. The van der Waals surface area contributed by atoms with E-state index in [-0.39, 0.29) is 36.5 Å². The number of aromatic nitrogens is 2. The molecule has 1 amide bonds. The summed E-state index contributed by atoms with van der Waals surface area (Å²) < 4.78 is 57.0. The minimum Gasteiger partial charge on any atom is -0.323 e. The zero-order chi connectivity index (χ0) is 23.8. The van der Waals surface area contributed by atoms with E-state index in [9.17, 15) is 22.0 Å². The molecule has 10 heteroatoms. The van der Waals surface area contributed by atoms with Gasteiger partial charge in [-0.1, -0.05) is 18.2 Å². The molecule has 3 aromatic rings. The third-order valence-corrected chi connectivity index (χ3v) is 7.99. The van der Waals surface area contributed by atoms with Gasteiger partial charge in [-0.05, 0) is 51.0 Å². The van der Waals surface area contributed by atoms with Crippen molar-refractivity contribution < 1.29 is 22.0 Å². The summed E-state index contributed by atoms with van der Waals surface area (Å²) in [6.45, 7) is 3.66. The van der Waals surface area contributed by atoms with E-state index < -0.39 is 33.5 Å². The van der Waals surface area contributed by atoms with Crippen molar-refractivity contribution in [3.63, 3.8) is 0 Å². The van der Waals surface area contributed by atoms with Crippen molar-refractivity contribution in [1.29, 1.82) is 0 Å². The standard InChI is InChI=1S/C23H24F2N4O3S/c1-15-22(16(2)29(27-15)19-6-4-3-5-7-19)33(31,32)28-12-10-17(11-13-28)23(30)26-21-14-18(24)8-9-20(21)25/h3-9,14,17H,10-13H2,1-2H3,(H,26,30). The predicted octanol–water partition coefficient (Wildman–Crippen LogP) is 3.81. The highest BCUT2D eigenvalue weighted by molar-refractivity contribution is 7.89. The zero-order valence-corrected chi connectivity index (χ0v) is 19.1. The number of piperidine rings is 1. The first-order valence-corrected chi connectivity index (χ1v) is 12.0. The molecule has 2 heterocycles. The maximum Gasteiger partial charge on any atom is 0.246 e. The Morgan fingerprint density at radius 2 is 1.73 bits per heavy atom. The smallest absolute Gasteiger partial charge is 0.246 e. The molecule has 7 nitrogen and oxygen atoms in total. The first kappa shape index (κ1) is 23.1. The fraction of sp³-hybridized carbons (Fsp3) is 0.304. The van der Waals surface area contributed by atoms with Gasteiger partial charge in [-0.3, -0.25) is 4.79 Å². The minimum absolute atomic E-state index is 0.140. The Balaban J connectivity index is 1.48. The van der Waals surface area contributed by atoms with Gasteiger partial charge >= 0.3 is 0 Å². The molecule has 0 spiro atoms. The summed E-state index contributed by atoms with van der Waals surface area (Å²) in [5.41, 5.74) is 1.45. The number of benzene rings is 2. The summed E-state index contributed by atoms with van der Waals surface area (Å²) in [6, 6.07) is 12.1. The second kappa shape index (κ2) is 9.03. The van der Waals surface area contributed by atoms with E-state index in [1.165, 1.54) is 4.31 Å². The van der Waals surface area contributed by atoms with E-state index in [0.29, 0.717) is 11.4 Å². The lowest BCUT2D eigenvalue weighted by atomic mass is 9.97. The van der Waals surface area contributed by atoms with Gasteiger partial charge in [0, 0.05) is 25.1 Å². The molecule has 0 saturated carbocycles. The van der Waals surface area contributed by atoms with Crippen molar-refractivity contribution in [3.05, 3.63) is 71.6 Å². The monoisotopic (exact) mass is 474 g/mol. The maximum absolute atomic E-state index is 13.8. The van der Waals surface area contributed by atoms with Crippen LogP contribution in [0.4, 0.5) is 14.5 Å². The largest absolute Gasteiger partial charge is 0.323 e. The summed E-state index contributed by atoms with van der Waals surface area (Å²) in [5.74, 6) is -2.35. The van der Waals surface area contributed by atoms with Gasteiger partial charge in [0.15, 0.2) is 0 Å². The highest BCUT2D eigenvalue weighted by Crippen LogP contribution is 2.29. The van der Waals surface area contributed by atoms with Crippen LogP contribution in [-0.2, 0) is 14.8 Å². The van der Waals surface area contributed by atoms with Crippen LogP contribution in [0.1, 0.15) is 24.2 Å². The first-order valence-electron chi connectivity index (χ1n) is 10.6. The minimum atomic E-state index is -3.82. The third kappa shape index (κ3) is 4.53. The van der Waals surface area contributed by atoms with Gasteiger partial charge in [0.2, 0.25) is 15.9 Å². The second-order valence-electron chi connectivity index (χ2n) is 8.04. The van der Waals surface area contributed by atoms with E-state index >= 15 is 0 Å². The van der Waals surface area contributed by atoms with Crippen molar-refractivity contribution >= 4 is 21.6 Å². The van der Waals surface area contributed by atoms with Crippen LogP contribution in [0.5, 0.6) is 0 Å². The average molecular weight is 475 g/mol. The van der Waals surface area contributed by atoms with Crippen LogP contribution in [0.25, 0.3) is 5.69 Å². The molecule has 0 atom stereocenters. The van der Waals surface area contributed by atoms with Gasteiger partial charge in [-0.2, -0.15) is 9.40 Å². The Kier molecular flexibility index (Phi) is 6.31. The predicted molar refractivity (Wildman–Crippen MR) is 120 cm³/mol. The third-order valence-electron chi connectivity index (χ3n) is 5.83. The second-order valence-corrected chi connectivity index (χ2v) is 9.91. The van der Waals surface area contributed by atoms with Gasteiger partial charge in [0.1, 0.15) is 16.5 Å². The molecule has 1 aliphatic heterocycles. The van der Waals surface area contributed by atoms with Crippen LogP contribution >= 0.6 is 0 Å². The fourth-order valence-corrected chi connectivity index (χ4v) is 5.96. The van der Waals surface area contributed by atoms with Crippen molar-refractivity contribution in [2.24, 2.45) is 5.92 Å². The number of hydrogen-bond donors (Lipinski definition) is 1. The molecule has 0 aliphatic carbocycles. The molecule has 1 N–H and O–H groups in total. The lowest BCUT2D eigenvalue weighted by molar-refractivity contribution is -0.120. The number of sulfonamides is 1. The summed E-state index contributed by atoms with van der Waals surface area (Å²) in [7, 11) is -3.82. The number of carbonyl (C=O) groups is 1. The molecule has 1 aromatic heterocycles. The van der Waals surface area contributed by atoms with Crippen LogP contribution in [0.15, 0.2) is 53.4 Å². The number of hydrogen-bond acceptors (Lipinski definition) is 4. The lowest BCUT2D eigenvalue weighted by Gasteiger charge is -2.30. The fourth-order valence-electron chi connectivity index (χ4n) is 4.14. The lowest BCUT2D eigenvalue weighted by Crippen LogP contribution is -2.41. The van der Waals surface area contributed by atoms with Crippen LogP contribution in [-0.4, -0.2) is 41.5 Å². The van der Waals surface area contributed by atoms with Gasteiger partial charge in [-0.25, -0.2) is 21.9 Å². The summed E-state index contributed by atoms with van der Waals surface area (Å²) in [5, 5.41) is 6.84. The number of rotatable bonds is 5. The highest BCUT2D eigenvalue weighted by Gasteiger charge is 2.35. The molecule has 0 unspecified atom stereocenters. The number of halogens is 2. The molecular formula is C23H24F2N4O3S. The SMILES string of the molecule is Cc1nn(-c2ccccc2)c(C)c1S(=O)(=O)N1CCC(C(=O)Nc2cc(F)ccc2F)CC1. The number of nitrogens with one attached hydrogen (secondary N) is 1. The topological polar surface area (TPSA) is 84.3 Å². The molecular weight excluding hydrogens is 450 g/mol. The number of aryl methyl sites for hydroxylation is 1. The Hall–Kier alpha value is -3.11. The van der Waals surface area contributed by atoms with Crippen molar-refractivity contribution in [2.45, 2.75) is 31.6 Å². The first-order chi connectivity index (χ1) is 15.7. The molecule has 0 bridgehead atoms. The van der Waals surface area contributed by atoms with Crippen molar-refractivity contribution in [3.8, 4) is 5.69 Å². The van der Waals surface area contributed by atoms with Gasteiger partial charge in [0.25, 0.3) is 0 Å². The number of para-hydroxylation sites is 1. The van der Waals surface area contributed by atoms with Crippen molar-refractivity contribution in [1.82, 2.24) is 14.1 Å². The van der Waals surface area contributed by atoms with Gasteiger partial charge in [-0.15, -0.1) is 0 Å².